The van der Waals surface area contributed by atoms with Crippen molar-refractivity contribution in [3.63, 3.8) is 0 Å². The number of hydrogen-bond donors (Lipinski definition) is 2. The van der Waals surface area contributed by atoms with E-state index >= 15 is 0 Å². The lowest BCUT2D eigenvalue weighted by Crippen LogP contribution is -2.55. The number of anilines is 1. The largest absolute Gasteiger partial charge is 0.367 e. The van der Waals surface area contributed by atoms with Crippen molar-refractivity contribution >= 4 is 11.7 Å². The smallest absolute Gasteiger partial charge is 0.257 e. The molecule has 1 aliphatic heterocycles. The molecule has 1 aromatic heterocycles. The first-order chi connectivity index (χ1) is 9.47. The number of pyridine rings is 1. The van der Waals surface area contributed by atoms with Crippen molar-refractivity contribution in [1.29, 1.82) is 0 Å². The highest BCUT2D eigenvalue weighted by Crippen LogP contribution is 2.17. The van der Waals surface area contributed by atoms with E-state index in [1.165, 1.54) is 0 Å². The van der Waals surface area contributed by atoms with E-state index < -0.39 is 0 Å². The fourth-order valence-electron chi connectivity index (χ4n) is 2.63. The van der Waals surface area contributed by atoms with Gasteiger partial charge < -0.3 is 15.5 Å². The summed E-state index contributed by atoms with van der Waals surface area (Å²) in [6, 6.07) is 4.55. The Balaban J connectivity index is 2.20. The first kappa shape index (κ1) is 14.8. The Morgan fingerprint density at radius 3 is 2.65 bits per heavy atom. The van der Waals surface area contributed by atoms with Gasteiger partial charge in [0.1, 0.15) is 5.82 Å². The molecule has 2 atom stereocenters. The summed E-state index contributed by atoms with van der Waals surface area (Å²) in [5.41, 5.74) is 0.655. The average Bonchev–Trinajstić information content (AvgIpc) is 2.36. The summed E-state index contributed by atoms with van der Waals surface area (Å²) in [6.45, 7) is 9.76. The Morgan fingerprint density at radius 1 is 1.40 bits per heavy atom. The predicted octanol–water partition coefficient (Wildman–Crippen LogP) is 1.72. The van der Waals surface area contributed by atoms with E-state index in [4.69, 9.17) is 0 Å². The molecule has 0 aromatic carbocycles. The van der Waals surface area contributed by atoms with Gasteiger partial charge in [0.15, 0.2) is 0 Å². The van der Waals surface area contributed by atoms with E-state index in [2.05, 4.69) is 29.5 Å². The molecule has 20 heavy (non-hydrogen) atoms. The summed E-state index contributed by atoms with van der Waals surface area (Å²) in [7, 11) is 0. The maximum Gasteiger partial charge on any atom is 0.257 e. The summed E-state index contributed by atoms with van der Waals surface area (Å²) in [5.74, 6) is 0.729. The highest BCUT2D eigenvalue weighted by Gasteiger charge is 2.27. The SMILES string of the molecule is CC(C)Nc1ncccc1C(=O)N1C[C@@H](C)N[C@@H](C)C1. The van der Waals surface area contributed by atoms with E-state index in [0.717, 1.165) is 13.1 Å². The quantitative estimate of drug-likeness (QED) is 0.882. The fraction of sp³-hybridized carbons (Fsp3) is 0.600. The fourth-order valence-corrected chi connectivity index (χ4v) is 2.63. The number of aromatic nitrogens is 1. The van der Waals surface area contributed by atoms with Gasteiger partial charge in [0.05, 0.1) is 5.56 Å². The molecule has 1 fully saturated rings. The van der Waals surface area contributed by atoms with E-state index in [0.29, 0.717) is 23.5 Å². The van der Waals surface area contributed by atoms with Crippen LogP contribution >= 0.6 is 0 Å². The van der Waals surface area contributed by atoms with E-state index in [1.807, 2.05) is 30.9 Å². The molecule has 0 spiro atoms. The second kappa shape index (κ2) is 6.22. The summed E-state index contributed by atoms with van der Waals surface area (Å²) in [5, 5.41) is 6.68. The van der Waals surface area contributed by atoms with E-state index in [9.17, 15) is 4.79 Å². The van der Waals surface area contributed by atoms with Crippen LogP contribution in [0.2, 0.25) is 0 Å². The van der Waals surface area contributed by atoms with E-state index in [-0.39, 0.29) is 11.9 Å². The third kappa shape index (κ3) is 3.48. The summed E-state index contributed by atoms with van der Waals surface area (Å²) in [4.78, 5) is 18.9. The molecule has 110 valence electrons. The standard InChI is InChI=1S/C15H24N4O/c1-10(2)17-14-13(6-5-7-16-14)15(20)19-8-11(3)18-12(4)9-19/h5-7,10-12,18H,8-9H2,1-4H3,(H,16,17)/t11-,12+. The number of hydrogen-bond acceptors (Lipinski definition) is 4. The lowest BCUT2D eigenvalue weighted by Gasteiger charge is -2.36. The van der Waals surface area contributed by atoms with Crippen LogP contribution in [0.4, 0.5) is 5.82 Å². The van der Waals surface area contributed by atoms with Crippen LogP contribution in [-0.2, 0) is 0 Å². The van der Waals surface area contributed by atoms with Gasteiger partial charge in [-0.25, -0.2) is 4.98 Å². The Hall–Kier alpha value is -1.62. The molecule has 2 rings (SSSR count). The van der Waals surface area contributed by atoms with Crippen molar-refractivity contribution < 1.29 is 4.79 Å². The third-order valence-electron chi connectivity index (χ3n) is 3.31. The molecule has 2 N–H and O–H groups in total. The molecular weight excluding hydrogens is 252 g/mol. The van der Waals surface area contributed by atoms with E-state index in [1.54, 1.807) is 6.20 Å². The predicted molar refractivity (Wildman–Crippen MR) is 81.0 cm³/mol. The molecule has 5 nitrogen and oxygen atoms in total. The Bertz CT molecular complexity index is 465. The molecule has 0 saturated carbocycles. The first-order valence-electron chi connectivity index (χ1n) is 7.24. The van der Waals surface area contributed by atoms with Crippen LogP contribution in [0, 0.1) is 0 Å². The molecule has 0 bridgehead atoms. The summed E-state index contributed by atoms with van der Waals surface area (Å²) in [6.07, 6.45) is 1.71. The topological polar surface area (TPSA) is 57.3 Å². The van der Waals surface area contributed by atoms with Crippen LogP contribution in [-0.4, -0.2) is 47.0 Å². The summed E-state index contributed by atoms with van der Waals surface area (Å²) >= 11 is 0. The zero-order chi connectivity index (χ0) is 14.7. The first-order valence-corrected chi connectivity index (χ1v) is 7.24. The average molecular weight is 276 g/mol. The van der Waals surface area contributed by atoms with Gasteiger partial charge in [-0.3, -0.25) is 4.79 Å². The number of nitrogens with one attached hydrogen (secondary N) is 2. The molecular formula is C15H24N4O. The molecule has 0 unspecified atom stereocenters. The zero-order valence-electron chi connectivity index (χ0n) is 12.7. The minimum atomic E-state index is 0.0569. The molecule has 5 heteroatoms. The monoisotopic (exact) mass is 276 g/mol. The van der Waals surface area contributed by atoms with Gasteiger partial charge in [0.25, 0.3) is 5.91 Å². The van der Waals surface area contributed by atoms with Crippen LogP contribution in [0.3, 0.4) is 0 Å². The van der Waals surface area contributed by atoms with Gasteiger partial charge in [-0.05, 0) is 39.8 Å². The lowest BCUT2D eigenvalue weighted by atomic mass is 10.1. The molecule has 0 radical (unpaired) electrons. The van der Waals surface area contributed by atoms with Crippen molar-refractivity contribution in [3.8, 4) is 0 Å². The van der Waals surface area contributed by atoms with Gasteiger partial charge in [-0.15, -0.1) is 0 Å². The van der Waals surface area contributed by atoms with Crippen molar-refractivity contribution in [2.75, 3.05) is 18.4 Å². The molecule has 0 aliphatic carbocycles. The Kier molecular flexibility index (Phi) is 4.60. The van der Waals surface area contributed by atoms with Crippen LogP contribution in [0.1, 0.15) is 38.1 Å². The van der Waals surface area contributed by atoms with Crippen molar-refractivity contribution in [2.45, 2.75) is 45.8 Å². The summed E-state index contributed by atoms with van der Waals surface area (Å²) < 4.78 is 0. The third-order valence-corrected chi connectivity index (χ3v) is 3.31. The minimum Gasteiger partial charge on any atom is -0.367 e. The zero-order valence-corrected chi connectivity index (χ0v) is 12.7. The second-order valence-corrected chi connectivity index (χ2v) is 5.88. The highest BCUT2D eigenvalue weighted by atomic mass is 16.2. The van der Waals surface area contributed by atoms with Crippen molar-refractivity contribution in [3.05, 3.63) is 23.9 Å². The number of carbonyl (C=O) groups excluding carboxylic acids is 1. The van der Waals surface area contributed by atoms with Gasteiger partial charge in [-0.1, -0.05) is 0 Å². The van der Waals surface area contributed by atoms with Crippen molar-refractivity contribution in [1.82, 2.24) is 15.2 Å². The molecule has 1 aliphatic rings. The number of carbonyl (C=O) groups is 1. The maximum atomic E-state index is 12.7. The minimum absolute atomic E-state index is 0.0569. The van der Waals surface area contributed by atoms with Gasteiger partial charge in [0, 0.05) is 37.4 Å². The van der Waals surface area contributed by atoms with Crippen molar-refractivity contribution in [2.24, 2.45) is 0 Å². The Labute approximate surface area is 120 Å². The number of piperazine rings is 1. The van der Waals surface area contributed by atoms with Crippen LogP contribution in [0.25, 0.3) is 0 Å². The normalized spacial score (nSPS) is 22.9. The maximum absolute atomic E-state index is 12.7. The highest BCUT2D eigenvalue weighted by molar-refractivity contribution is 5.98. The molecule has 1 aromatic rings. The van der Waals surface area contributed by atoms with Crippen LogP contribution in [0.15, 0.2) is 18.3 Å². The lowest BCUT2D eigenvalue weighted by molar-refractivity contribution is 0.0674. The van der Waals surface area contributed by atoms with Gasteiger partial charge in [-0.2, -0.15) is 0 Å². The van der Waals surface area contributed by atoms with Gasteiger partial charge >= 0.3 is 0 Å². The van der Waals surface area contributed by atoms with Crippen LogP contribution in [0.5, 0.6) is 0 Å². The number of nitrogens with zero attached hydrogens (tertiary/aromatic N) is 2. The number of amides is 1. The molecule has 1 saturated heterocycles. The van der Waals surface area contributed by atoms with Crippen LogP contribution < -0.4 is 10.6 Å². The molecule has 1 amide bonds. The Morgan fingerprint density at radius 2 is 2.05 bits per heavy atom. The number of rotatable bonds is 3. The van der Waals surface area contributed by atoms with Gasteiger partial charge in [0.2, 0.25) is 0 Å². The molecule has 2 heterocycles. The second-order valence-electron chi connectivity index (χ2n) is 5.88.